The molecule has 1 heterocycles. The van der Waals surface area contributed by atoms with Gasteiger partial charge < -0.3 is 9.47 Å². The van der Waals surface area contributed by atoms with E-state index in [2.05, 4.69) is 0 Å². The highest BCUT2D eigenvalue weighted by molar-refractivity contribution is 5.81. The lowest BCUT2D eigenvalue weighted by atomic mass is 10.1. The number of hydrogen-bond acceptors (Lipinski definition) is 3. The Labute approximate surface area is 65.7 Å². The number of fused-ring (bicyclic) bond motifs is 1. The molecule has 1 saturated heterocycles. The van der Waals surface area contributed by atoms with Crippen molar-refractivity contribution in [2.75, 3.05) is 19.8 Å². The van der Waals surface area contributed by atoms with Crippen LogP contribution < -0.4 is 0 Å². The quantitative estimate of drug-likeness (QED) is 0.549. The fourth-order valence-electron chi connectivity index (χ4n) is 1.74. The van der Waals surface area contributed by atoms with Gasteiger partial charge in [-0.25, -0.2) is 0 Å². The Morgan fingerprint density at radius 1 is 1.82 bits per heavy atom. The molecule has 2 fully saturated rings. The van der Waals surface area contributed by atoms with Gasteiger partial charge in [-0.05, 0) is 13.3 Å². The molecule has 2 rings (SSSR count). The zero-order chi connectivity index (χ0) is 7.90. The average Bonchev–Trinajstić information content (AvgIpc) is 2.57. The normalized spacial score (nSPS) is 39.9. The predicted octanol–water partition coefficient (Wildman–Crippen LogP) is 0.586. The first-order valence-corrected chi connectivity index (χ1v) is 4.04. The van der Waals surface area contributed by atoms with Gasteiger partial charge in [-0.1, -0.05) is 0 Å². The second-order valence-corrected chi connectivity index (χ2v) is 3.29. The molecular weight excluding hydrogens is 144 g/mol. The summed E-state index contributed by atoms with van der Waals surface area (Å²) in [5.74, 6) is 0.407. The van der Waals surface area contributed by atoms with E-state index in [1.54, 1.807) is 0 Å². The van der Waals surface area contributed by atoms with Crippen molar-refractivity contribution in [2.45, 2.75) is 13.3 Å². The van der Waals surface area contributed by atoms with Crippen LogP contribution >= 0.6 is 0 Å². The molecule has 62 valence electrons. The first kappa shape index (κ1) is 7.10. The van der Waals surface area contributed by atoms with Crippen LogP contribution in [0.2, 0.25) is 0 Å². The lowest BCUT2D eigenvalue weighted by Crippen LogP contribution is -2.22. The fraction of sp³-hybridized carbons (Fsp3) is 0.875. The van der Waals surface area contributed by atoms with Gasteiger partial charge in [-0.2, -0.15) is 0 Å². The predicted molar refractivity (Wildman–Crippen MR) is 38.0 cm³/mol. The molecule has 0 aromatic rings. The molecule has 0 spiro atoms. The second kappa shape index (κ2) is 2.21. The van der Waals surface area contributed by atoms with Crippen molar-refractivity contribution in [1.82, 2.24) is 0 Å². The number of carbonyl (C=O) groups is 1. The van der Waals surface area contributed by atoms with Gasteiger partial charge >= 0.3 is 5.97 Å². The maximum absolute atomic E-state index is 11.3. The number of hydrogen-bond donors (Lipinski definition) is 0. The molecule has 11 heavy (non-hydrogen) atoms. The van der Waals surface area contributed by atoms with E-state index >= 15 is 0 Å². The molecule has 3 nitrogen and oxygen atoms in total. The van der Waals surface area contributed by atoms with Crippen LogP contribution in [0.25, 0.3) is 0 Å². The first-order valence-electron chi connectivity index (χ1n) is 4.04. The van der Waals surface area contributed by atoms with Crippen LogP contribution in [0.5, 0.6) is 0 Å². The summed E-state index contributed by atoms with van der Waals surface area (Å²) in [6.07, 6.45) is 0.978. The molecule has 0 aromatic carbocycles. The van der Waals surface area contributed by atoms with Gasteiger partial charge in [0.05, 0.1) is 25.2 Å². The summed E-state index contributed by atoms with van der Waals surface area (Å²) in [4.78, 5) is 11.3. The Kier molecular flexibility index (Phi) is 1.42. The van der Waals surface area contributed by atoms with Gasteiger partial charge in [-0.15, -0.1) is 0 Å². The van der Waals surface area contributed by atoms with Crippen LogP contribution in [0, 0.1) is 11.3 Å². The summed E-state index contributed by atoms with van der Waals surface area (Å²) in [5.41, 5.74) is -0.212. The summed E-state index contributed by atoms with van der Waals surface area (Å²) < 4.78 is 10.1. The Morgan fingerprint density at radius 3 is 3.09 bits per heavy atom. The first-order chi connectivity index (χ1) is 5.29. The van der Waals surface area contributed by atoms with E-state index in [0.717, 1.165) is 13.0 Å². The number of rotatable bonds is 2. The van der Waals surface area contributed by atoms with E-state index < -0.39 is 0 Å². The third kappa shape index (κ3) is 0.872. The van der Waals surface area contributed by atoms with Crippen molar-refractivity contribution in [3.63, 3.8) is 0 Å². The van der Waals surface area contributed by atoms with Gasteiger partial charge in [0, 0.05) is 5.92 Å². The number of ether oxygens (including phenoxy) is 2. The van der Waals surface area contributed by atoms with Crippen molar-refractivity contribution in [1.29, 1.82) is 0 Å². The molecule has 0 radical (unpaired) electrons. The summed E-state index contributed by atoms with van der Waals surface area (Å²) in [6, 6.07) is 0. The van der Waals surface area contributed by atoms with E-state index in [4.69, 9.17) is 9.47 Å². The summed E-state index contributed by atoms with van der Waals surface area (Å²) in [7, 11) is 0. The van der Waals surface area contributed by atoms with Gasteiger partial charge in [0.1, 0.15) is 0 Å². The topological polar surface area (TPSA) is 35.5 Å². The molecule has 0 unspecified atom stereocenters. The van der Waals surface area contributed by atoms with Gasteiger partial charge in [-0.3, -0.25) is 4.79 Å². The average molecular weight is 156 g/mol. The van der Waals surface area contributed by atoms with E-state index in [0.29, 0.717) is 19.1 Å². The van der Waals surface area contributed by atoms with E-state index in [1.807, 2.05) is 6.92 Å². The molecule has 2 atom stereocenters. The van der Waals surface area contributed by atoms with Crippen molar-refractivity contribution in [2.24, 2.45) is 11.3 Å². The van der Waals surface area contributed by atoms with Crippen LogP contribution in [0.15, 0.2) is 0 Å². The maximum atomic E-state index is 11.3. The zero-order valence-corrected chi connectivity index (χ0v) is 6.63. The lowest BCUT2D eigenvalue weighted by Gasteiger charge is -2.08. The van der Waals surface area contributed by atoms with Crippen LogP contribution in [0.3, 0.4) is 0 Å². The highest BCUT2D eigenvalue weighted by atomic mass is 16.5. The molecule has 0 N–H and O–H groups in total. The van der Waals surface area contributed by atoms with E-state index in [1.165, 1.54) is 0 Å². The van der Waals surface area contributed by atoms with Crippen LogP contribution in [0.1, 0.15) is 13.3 Å². The molecule has 0 amide bonds. The molecule has 1 saturated carbocycles. The van der Waals surface area contributed by atoms with Crippen molar-refractivity contribution >= 4 is 5.97 Å². The summed E-state index contributed by atoms with van der Waals surface area (Å²) in [5, 5.41) is 0. The van der Waals surface area contributed by atoms with Crippen LogP contribution in [-0.2, 0) is 14.3 Å². The minimum atomic E-state index is -0.212. The Hall–Kier alpha value is -0.570. The van der Waals surface area contributed by atoms with Gasteiger partial charge in [0.15, 0.2) is 0 Å². The Bertz CT molecular complexity index is 190. The molecular formula is C8H12O3. The molecule has 3 heteroatoms. The smallest absolute Gasteiger partial charge is 0.314 e. The van der Waals surface area contributed by atoms with E-state index in [9.17, 15) is 4.79 Å². The van der Waals surface area contributed by atoms with Crippen molar-refractivity contribution < 1.29 is 14.3 Å². The summed E-state index contributed by atoms with van der Waals surface area (Å²) in [6.45, 7) is 3.64. The minimum absolute atomic E-state index is 0.0532. The lowest BCUT2D eigenvalue weighted by molar-refractivity contribution is -0.150. The molecule has 1 aliphatic carbocycles. The Balaban J connectivity index is 1.99. The molecule has 2 aliphatic rings. The highest BCUT2D eigenvalue weighted by Crippen LogP contribution is 2.57. The van der Waals surface area contributed by atoms with Gasteiger partial charge in [0.25, 0.3) is 0 Å². The highest BCUT2D eigenvalue weighted by Gasteiger charge is 2.64. The number of esters is 1. The molecule has 0 aromatic heterocycles. The van der Waals surface area contributed by atoms with Crippen LogP contribution in [-0.4, -0.2) is 25.8 Å². The van der Waals surface area contributed by atoms with Crippen molar-refractivity contribution in [3.05, 3.63) is 0 Å². The molecule has 0 bridgehead atoms. The minimum Gasteiger partial charge on any atom is -0.465 e. The molecule has 1 aliphatic heterocycles. The maximum Gasteiger partial charge on any atom is 0.314 e. The van der Waals surface area contributed by atoms with Crippen LogP contribution in [0.4, 0.5) is 0 Å². The SMILES string of the molecule is CCOC(=O)[C@@]12COC[C@@H]1C2. The standard InChI is InChI=1S/C8H12O3/c1-2-11-7(9)8-3-6(8)4-10-5-8/h6H,2-5H2,1H3/t6-,8-/m0/s1. The summed E-state index contributed by atoms with van der Waals surface area (Å²) >= 11 is 0. The Morgan fingerprint density at radius 2 is 2.64 bits per heavy atom. The van der Waals surface area contributed by atoms with Gasteiger partial charge in [0.2, 0.25) is 0 Å². The largest absolute Gasteiger partial charge is 0.465 e. The third-order valence-corrected chi connectivity index (χ3v) is 2.59. The monoisotopic (exact) mass is 156 g/mol. The zero-order valence-electron chi connectivity index (χ0n) is 6.63. The van der Waals surface area contributed by atoms with E-state index in [-0.39, 0.29) is 11.4 Å². The second-order valence-electron chi connectivity index (χ2n) is 3.29. The third-order valence-electron chi connectivity index (χ3n) is 2.59. The fourth-order valence-corrected chi connectivity index (χ4v) is 1.74. The van der Waals surface area contributed by atoms with Crippen molar-refractivity contribution in [3.8, 4) is 0 Å². The number of carbonyl (C=O) groups excluding carboxylic acids is 1.